The maximum Gasteiger partial charge on any atom is 0.0720 e. The van der Waals surface area contributed by atoms with Crippen LogP contribution in [-0.2, 0) is 6.54 Å². The normalized spacial score (nSPS) is 8.29. The molecule has 94 valence electrons. The third kappa shape index (κ3) is 4.88. The summed E-state index contributed by atoms with van der Waals surface area (Å²) in [6, 6.07) is 7.78. The van der Waals surface area contributed by atoms with E-state index in [1.165, 1.54) is 0 Å². The molecule has 2 aromatic rings. The third-order valence-corrected chi connectivity index (χ3v) is 2.02. The van der Waals surface area contributed by atoms with Crippen LogP contribution >= 0.6 is 37.2 Å². The average Bonchev–Trinajstić information content (AvgIpc) is 2.30. The van der Waals surface area contributed by atoms with Crippen molar-refractivity contribution in [1.82, 2.24) is 9.97 Å². The molecule has 2 aromatic heterocycles. The Hall–Kier alpha value is -0.870. The fourth-order valence-electron chi connectivity index (χ4n) is 1.27. The Kier molecular flexibility index (Phi) is 10.00. The minimum atomic E-state index is 0. The molecule has 3 nitrogen and oxygen atoms in total. The zero-order chi connectivity index (χ0) is 9.80. The van der Waals surface area contributed by atoms with Crippen molar-refractivity contribution >= 4 is 37.2 Å². The van der Waals surface area contributed by atoms with Crippen LogP contribution in [0.5, 0.6) is 0 Å². The highest BCUT2D eigenvalue weighted by Gasteiger charge is 1.98. The van der Waals surface area contributed by atoms with Gasteiger partial charge in [-0.25, -0.2) is 0 Å². The van der Waals surface area contributed by atoms with E-state index in [-0.39, 0.29) is 37.2 Å². The second-order valence-corrected chi connectivity index (χ2v) is 3.00. The Bertz CT molecular complexity index is 423. The summed E-state index contributed by atoms with van der Waals surface area (Å²) in [4.78, 5) is 8.31. The highest BCUT2D eigenvalue weighted by molar-refractivity contribution is 5.86. The molecule has 0 saturated heterocycles. The molecule has 0 fully saturated rings. The molecule has 0 aromatic carbocycles. The number of aromatic nitrogens is 2. The lowest BCUT2D eigenvalue weighted by molar-refractivity contribution is 1.06. The van der Waals surface area contributed by atoms with Gasteiger partial charge in [0.25, 0.3) is 0 Å². The van der Waals surface area contributed by atoms with Crippen molar-refractivity contribution in [1.29, 1.82) is 0 Å². The van der Waals surface area contributed by atoms with E-state index >= 15 is 0 Å². The number of hydrogen-bond donors (Lipinski definition) is 1. The number of nitrogens with zero attached hydrogens (tertiary/aromatic N) is 2. The summed E-state index contributed by atoms with van der Waals surface area (Å²) >= 11 is 0. The van der Waals surface area contributed by atoms with Gasteiger partial charge in [-0.3, -0.25) is 9.97 Å². The van der Waals surface area contributed by atoms with Crippen molar-refractivity contribution in [3.63, 3.8) is 0 Å². The zero-order valence-electron chi connectivity index (χ0n) is 8.95. The number of nitrogens with two attached hydrogens (primary N) is 1. The van der Waals surface area contributed by atoms with E-state index in [4.69, 9.17) is 5.73 Å². The van der Waals surface area contributed by atoms with Crippen LogP contribution in [0.15, 0.2) is 42.9 Å². The topological polar surface area (TPSA) is 51.8 Å². The second kappa shape index (κ2) is 9.19. The van der Waals surface area contributed by atoms with Crippen molar-refractivity contribution < 1.29 is 0 Å². The van der Waals surface area contributed by atoms with E-state index in [2.05, 4.69) is 9.97 Å². The molecule has 0 radical (unpaired) electrons. The van der Waals surface area contributed by atoms with Crippen molar-refractivity contribution in [2.75, 3.05) is 0 Å². The zero-order valence-corrected chi connectivity index (χ0v) is 11.4. The molecule has 2 rings (SSSR count). The van der Waals surface area contributed by atoms with Crippen LogP contribution in [0.4, 0.5) is 0 Å². The largest absolute Gasteiger partial charge is 0.326 e. The van der Waals surface area contributed by atoms with Crippen LogP contribution < -0.4 is 5.73 Å². The molecule has 0 amide bonds. The van der Waals surface area contributed by atoms with Crippen molar-refractivity contribution in [3.05, 3.63) is 48.4 Å². The fourth-order valence-corrected chi connectivity index (χ4v) is 1.27. The van der Waals surface area contributed by atoms with Crippen molar-refractivity contribution in [2.24, 2.45) is 5.73 Å². The summed E-state index contributed by atoms with van der Waals surface area (Å²) in [7, 11) is 0. The van der Waals surface area contributed by atoms with Gasteiger partial charge in [0.05, 0.1) is 5.69 Å². The van der Waals surface area contributed by atoms with E-state index in [1.54, 1.807) is 18.6 Å². The molecule has 2 heterocycles. The first-order valence-corrected chi connectivity index (χ1v) is 4.45. The maximum atomic E-state index is 5.55. The number of hydrogen-bond acceptors (Lipinski definition) is 3. The Morgan fingerprint density at radius 2 is 1.82 bits per heavy atom. The lowest BCUT2D eigenvalue weighted by atomic mass is 10.1. The van der Waals surface area contributed by atoms with Crippen LogP contribution in [0.1, 0.15) is 5.56 Å². The predicted molar refractivity (Wildman–Crippen MR) is 77.1 cm³/mol. The first-order chi connectivity index (χ1) is 6.90. The SMILES string of the molecule is Cl.Cl.Cl.NCc1ccnc(-c2cccnc2)c1. The number of pyridine rings is 2. The molecule has 6 heteroatoms. The molecule has 0 atom stereocenters. The van der Waals surface area contributed by atoms with Gasteiger partial charge in [-0.05, 0) is 29.8 Å². The molecule has 17 heavy (non-hydrogen) atoms. The molecule has 2 N–H and O–H groups in total. The summed E-state index contributed by atoms with van der Waals surface area (Å²) in [5, 5.41) is 0. The minimum absolute atomic E-state index is 0. The maximum absolute atomic E-state index is 5.55. The third-order valence-electron chi connectivity index (χ3n) is 2.02. The van der Waals surface area contributed by atoms with Crippen LogP contribution in [0.3, 0.4) is 0 Å². The molecule has 0 spiro atoms. The molecule has 0 bridgehead atoms. The van der Waals surface area contributed by atoms with Crippen molar-refractivity contribution in [2.45, 2.75) is 6.54 Å². The molecule has 0 unspecified atom stereocenters. The second-order valence-electron chi connectivity index (χ2n) is 3.00. The van der Waals surface area contributed by atoms with Gasteiger partial charge >= 0.3 is 0 Å². The van der Waals surface area contributed by atoms with Crippen LogP contribution in [0.2, 0.25) is 0 Å². The van der Waals surface area contributed by atoms with E-state index in [0.29, 0.717) is 6.54 Å². The first-order valence-electron chi connectivity index (χ1n) is 4.45. The summed E-state index contributed by atoms with van der Waals surface area (Å²) in [6.45, 7) is 0.537. The fraction of sp³-hybridized carbons (Fsp3) is 0.0909. The summed E-state index contributed by atoms with van der Waals surface area (Å²) in [6.07, 6.45) is 5.31. The lowest BCUT2D eigenvalue weighted by Crippen LogP contribution is -1.97. The van der Waals surface area contributed by atoms with Gasteiger partial charge in [0, 0.05) is 30.7 Å². The Balaban J connectivity index is 0. The van der Waals surface area contributed by atoms with Gasteiger partial charge < -0.3 is 5.73 Å². The molecular formula is C11H14Cl3N3. The Labute approximate surface area is 119 Å². The monoisotopic (exact) mass is 293 g/mol. The highest BCUT2D eigenvalue weighted by atomic mass is 35.5. The average molecular weight is 295 g/mol. The van der Waals surface area contributed by atoms with Crippen molar-refractivity contribution in [3.8, 4) is 11.3 Å². The molecule has 0 aliphatic heterocycles. The van der Waals surface area contributed by atoms with E-state index in [9.17, 15) is 0 Å². The summed E-state index contributed by atoms with van der Waals surface area (Å²) < 4.78 is 0. The Morgan fingerprint density at radius 3 is 2.41 bits per heavy atom. The van der Waals surface area contributed by atoms with Crippen LogP contribution in [-0.4, -0.2) is 9.97 Å². The predicted octanol–water partition coefficient (Wildman–Crippen LogP) is 2.87. The molecular weight excluding hydrogens is 281 g/mol. The number of halogens is 3. The van der Waals surface area contributed by atoms with E-state index in [0.717, 1.165) is 16.8 Å². The van der Waals surface area contributed by atoms with Crippen LogP contribution in [0.25, 0.3) is 11.3 Å². The minimum Gasteiger partial charge on any atom is -0.326 e. The molecule has 0 saturated carbocycles. The van der Waals surface area contributed by atoms with Gasteiger partial charge in [-0.2, -0.15) is 0 Å². The summed E-state index contributed by atoms with van der Waals surface area (Å²) in [5.41, 5.74) is 8.57. The first kappa shape index (κ1) is 18.5. The molecule has 0 aliphatic carbocycles. The Morgan fingerprint density at radius 1 is 1.06 bits per heavy atom. The van der Waals surface area contributed by atoms with E-state index < -0.39 is 0 Å². The van der Waals surface area contributed by atoms with Gasteiger partial charge in [-0.15, -0.1) is 37.2 Å². The van der Waals surface area contributed by atoms with Gasteiger partial charge in [0.1, 0.15) is 0 Å². The standard InChI is InChI=1S/C11H11N3.3ClH/c12-7-9-3-5-14-11(6-9)10-2-1-4-13-8-10;;;/h1-6,8H,7,12H2;3*1H. The number of rotatable bonds is 2. The van der Waals surface area contributed by atoms with E-state index in [1.807, 2.05) is 24.3 Å². The van der Waals surface area contributed by atoms with Gasteiger partial charge in [-0.1, -0.05) is 0 Å². The summed E-state index contributed by atoms with van der Waals surface area (Å²) in [5.74, 6) is 0. The quantitative estimate of drug-likeness (QED) is 0.926. The molecule has 0 aliphatic rings. The highest BCUT2D eigenvalue weighted by Crippen LogP contribution is 2.15. The van der Waals surface area contributed by atoms with Gasteiger partial charge in [0.15, 0.2) is 0 Å². The van der Waals surface area contributed by atoms with Gasteiger partial charge in [0.2, 0.25) is 0 Å². The smallest absolute Gasteiger partial charge is 0.0720 e. The van der Waals surface area contributed by atoms with Crippen LogP contribution in [0, 0.1) is 0 Å². The lowest BCUT2D eigenvalue weighted by Gasteiger charge is -2.01.